The zero-order valence-electron chi connectivity index (χ0n) is 14.6. The Bertz CT molecular complexity index is 770. The van der Waals surface area contributed by atoms with Crippen molar-refractivity contribution in [3.05, 3.63) is 51.2 Å². The third kappa shape index (κ3) is 5.42. The summed E-state index contributed by atoms with van der Waals surface area (Å²) < 4.78 is 51.3. The average Bonchev–Trinajstić information content (AvgIpc) is 3.05. The van der Waals surface area contributed by atoms with Gasteiger partial charge in [0.25, 0.3) is 0 Å². The Labute approximate surface area is 153 Å². The van der Waals surface area contributed by atoms with Gasteiger partial charge in [0.1, 0.15) is 5.82 Å². The monoisotopic (exact) mass is 388 g/mol. The van der Waals surface area contributed by atoms with Crippen LogP contribution in [0.25, 0.3) is 0 Å². The molecule has 0 fully saturated rings. The third-order valence-electron chi connectivity index (χ3n) is 3.75. The van der Waals surface area contributed by atoms with Gasteiger partial charge < -0.3 is 10.6 Å². The zero-order valence-corrected chi connectivity index (χ0v) is 15.4. The van der Waals surface area contributed by atoms with Gasteiger partial charge in [-0.05, 0) is 31.0 Å². The number of aliphatic imine (C=N–C) groups is 1. The summed E-state index contributed by atoms with van der Waals surface area (Å²) in [6.07, 6.45) is -4.08. The van der Waals surface area contributed by atoms with Gasteiger partial charge in [0, 0.05) is 25.4 Å². The highest BCUT2D eigenvalue weighted by molar-refractivity contribution is 7.09. The summed E-state index contributed by atoms with van der Waals surface area (Å²) in [6, 6.07) is 4.82. The van der Waals surface area contributed by atoms with E-state index >= 15 is 0 Å². The molecule has 2 N–H and O–H groups in total. The normalized spacial score (nSPS) is 13.6. The average molecular weight is 388 g/mol. The van der Waals surface area contributed by atoms with Crippen LogP contribution >= 0.6 is 11.3 Å². The second-order valence-corrected chi connectivity index (χ2v) is 6.69. The second-order valence-electron chi connectivity index (χ2n) is 5.75. The van der Waals surface area contributed by atoms with Crippen molar-refractivity contribution in [3.63, 3.8) is 0 Å². The fourth-order valence-electron chi connectivity index (χ4n) is 2.21. The van der Waals surface area contributed by atoms with E-state index in [2.05, 4.69) is 20.6 Å². The van der Waals surface area contributed by atoms with Crippen LogP contribution in [-0.2, 0) is 12.6 Å². The molecule has 0 saturated carbocycles. The van der Waals surface area contributed by atoms with Gasteiger partial charge in [0.05, 0.1) is 11.0 Å². The molecule has 0 bridgehead atoms. The van der Waals surface area contributed by atoms with Gasteiger partial charge in [0.2, 0.25) is 0 Å². The minimum atomic E-state index is -4.42. The number of halogens is 4. The molecule has 0 aliphatic carbocycles. The summed E-state index contributed by atoms with van der Waals surface area (Å²) in [4.78, 5) is 7.66. The number of guanidine groups is 1. The largest absolute Gasteiger partial charge is 0.434 e. The molecule has 4 nitrogen and oxygen atoms in total. The molecule has 1 aromatic carbocycles. The van der Waals surface area contributed by atoms with Gasteiger partial charge in [-0.2, -0.15) is 13.2 Å². The summed E-state index contributed by atoms with van der Waals surface area (Å²) in [5.74, 6) is 0.203. The van der Waals surface area contributed by atoms with Gasteiger partial charge in [0.15, 0.2) is 11.7 Å². The number of hydrogen-bond acceptors (Lipinski definition) is 3. The number of nitrogens with one attached hydrogen (secondary N) is 2. The number of aromatic nitrogens is 1. The number of thiazole rings is 1. The first-order valence-corrected chi connectivity index (χ1v) is 8.83. The maximum absolute atomic E-state index is 13.7. The van der Waals surface area contributed by atoms with Crippen molar-refractivity contribution in [2.75, 3.05) is 13.6 Å². The first-order chi connectivity index (χ1) is 12.2. The highest BCUT2D eigenvalue weighted by Crippen LogP contribution is 2.30. The SMILES string of the molecule is CN=C(NCCc1nc(C(F)(F)F)cs1)NC(C)c1ccc(C)c(F)c1. The van der Waals surface area contributed by atoms with Crippen LogP contribution in [0.2, 0.25) is 0 Å². The summed E-state index contributed by atoms with van der Waals surface area (Å²) in [6.45, 7) is 3.94. The molecule has 26 heavy (non-hydrogen) atoms. The van der Waals surface area contributed by atoms with Crippen LogP contribution < -0.4 is 10.6 Å². The molecule has 142 valence electrons. The van der Waals surface area contributed by atoms with E-state index in [-0.39, 0.29) is 11.9 Å². The van der Waals surface area contributed by atoms with Crippen LogP contribution in [0, 0.1) is 12.7 Å². The van der Waals surface area contributed by atoms with Gasteiger partial charge >= 0.3 is 6.18 Å². The lowest BCUT2D eigenvalue weighted by molar-refractivity contribution is -0.140. The summed E-state index contributed by atoms with van der Waals surface area (Å²) in [5, 5.41) is 7.55. The van der Waals surface area contributed by atoms with Gasteiger partial charge in [-0.15, -0.1) is 11.3 Å². The first-order valence-electron chi connectivity index (χ1n) is 7.95. The van der Waals surface area contributed by atoms with E-state index in [0.717, 1.165) is 22.3 Å². The second kappa shape index (κ2) is 8.48. The molecule has 0 radical (unpaired) electrons. The minimum Gasteiger partial charge on any atom is -0.356 e. The molecule has 1 unspecified atom stereocenters. The number of benzene rings is 1. The van der Waals surface area contributed by atoms with Gasteiger partial charge in [-0.25, -0.2) is 9.37 Å². The Morgan fingerprint density at radius 1 is 1.35 bits per heavy atom. The van der Waals surface area contributed by atoms with E-state index in [9.17, 15) is 17.6 Å². The molecule has 1 heterocycles. The number of alkyl halides is 3. The Kier molecular flexibility index (Phi) is 6.57. The third-order valence-corrected chi connectivity index (χ3v) is 4.65. The topological polar surface area (TPSA) is 49.3 Å². The van der Waals surface area contributed by atoms with Crippen molar-refractivity contribution in [2.24, 2.45) is 4.99 Å². The Balaban J connectivity index is 1.87. The zero-order chi connectivity index (χ0) is 19.3. The van der Waals surface area contributed by atoms with E-state index < -0.39 is 11.9 Å². The number of rotatable bonds is 5. The van der Waals surface area contributed by atoms with Crippen molar-refractivity contribution < 1.29 is 17.6 Å². The summed E-state index contributed by atoms with van der Waals surface area (Å²) in [7, 11) is 1.59. The number of nitrogens with zero attached hydrogens (tertiary/aromatic N) is 2. The number of hydrogen-bond donors (Lipinski definition) is 2. The van der Waals surface area contributed by atoms with Gasteiger partial charge in [-0.3, -0.25) is 4.99 Å². The molecule has 0 aliphatic rings. The van der Waals surface area contributed by atoms with Crippen LogP contribution in [-0.4, -0.2) is 24.5 Å². The highest BCUT2D eigenvalue weighted by atomic mass is 32.1. The molecule has 0 saturated heterocycles. The van der Waals surface area contributed by atoms with Crippen molar-refractivity contribution in [3.8, 4) is 0 Å². The molecule has 0 amide bonds. The Hall–Kier alpha value is -2.16. The molecule has 2 aromatic rings. The van der Waals surface area contributed by atoms with Crippen molar-refractivity contribution in [1.82, 2.24) is 15.6 Å². The Morgan fingerprint density at radius 2 is 2.08 bits per heavy atom. The van der Waals surface area contributed by atoms with Crippen molar-refractivity contribution >= 4 is 17.3 Å². The molecule has 2 rings (SSSR count). The molecule has 1 aromatic heterocycles. The van der Waals surface area contributed by atoms with E-state index in [1.54, 1.807) is 20.0 Å². The lowest BCUT2D eigenvalue weighted by Gasteiger charge is -2.18. The maximum atomic E-state index is 13.7. The Morgan fingerprint density at radius 3 is 2.65 bits per heavy atom. The van der Waals surface area contributed by atoms with Crippen molar-refractivity contribution in [1.29, 1.82) is 0 Å². The van der Waals surface area contributed by atoms with Gasteiger partial charge in [-0.1, -0.05) is 12.1 Å². The molecule has 0 aliphatic heterocycles. The molecular formula is C17H20F4N4S. The quantitative estimate of drug-likeness (QED) is 0.461. The summed E-state index contributed by atoms with van der Waals surface area (Å²) >= 11 is 0.976. The predicted octanol–water partition coefficient (Wildman–Crippen LogP) is 4.08. The molecule has 9 heteroatoms. The standard InChI is InChI=1S/C17H20F4N4S/c1-10-4-5-12(8-13(10)18)11(2)24-16(22-3)23-7-6-15-25-14(9-26-15)17(19,20)21/h4-5,8-9,11H,6-7H2,1-3H3,(H2,22,23,24). The first kappa shape index (κ1) is 20.2. The number of aryl methyl sites for hydroxylation is 1. The van der Waals surface area contributed by atoms with Crippen LogP contribution in [0.3, 0.4) is 0 Å². The van der Waals surface area contributed by atoms with E-state index in [4.69, 9.17) is 0 Å². The van der Waals surface area contributed by atoms with Crippen LogP contribution in [0.1, 0.15) is 34.8 Å². The fourth-order valence-corrected chi connectivity index (χ4v) is 3.01. The van der Waals surface area contributed by atoms with E-state index in [0.29, 0.717) is 29.5 Å². The summed E-state index contributed by atoms with van der Waals surface area (Å²) in [5.41, 5.74) is 0.478. The lowest BCUT2D eigenvalue weighted by Crippen LogP contribution is -2.39. The maximum Gasteiger partial charge on any atom is 0.434 e. The van der Waals surface area contributed by atoms with Crippen LogP contribution in [0.5, 0.6) is 0 Å². The van der Waals surface area contributed by atoms with E-state index in [1.807, 2.05) is 13.0 Å². The fraction of sp³-hybridized carbons (Fsp3) is 0.412. The predicted molar refractivity (Wildman–Crippen MR) is 94.9 cm³/mol. The van der Waals surface area contributed by atoms with Crippen LogP contribution in [0.15, 0.2) is 28.6 Å². The highest BCUT2D eigenvalue weighted by Gasteiger charge is 2.33. The van der Waals surface area contributed by atoms with E-state index in [1.165, 1.54) is 6.07 Å². The smallest absolute Gasteiger partial charge is 0.356 e. The molecule has 1 atom stereocenters. The molecular weight excluding hydrogens is 368 g/mol. The van der Waals surface area contributed by atoms with Crippen LogP contribution in [0.4, 0.5) is 17.6 Å². The van der Waals surface area contributed by atoms with Crippen molar-refractivity contribution in [2.45, 2.75) is 32.5 Å². The lowest BCUT2D eigenvalue weighted by atomic mass is 10.1. The molecule has 0 spiro atoms. The minimum absolute atomic E-state index is 0.187.